The third-order valence-corrected chi connectivity index (χ3v) is 4.37. The minimum Gasteiger partial charge on any atom is -0.395 e. The number of carbonyl (C=O) groups is 2. The largest absolute Gasteiger partial charge is 0.586 e. The number of hydrogen-bond donors (Lipinski definition) is 1. The van der Waals surface area contributed by atoms with Crippen LogP contribution in [0, 0.1) is 0 Å². The number of halogens is 2. The third-order valence-electron chi connectivity index (χ3n) is 4.37. The predicted molar refractivity (Wildman–Crippen MR) is 76.4 cm³/mol. The predicted octanol–water partition coefficient (Wildman–Crippen LogP) is 0.151. The van der Waals surface area contributed by atoms with Gasteiger partial charge in [0.2, 0.25) is 11.8 Å². The molecule has 128 valence electrons. The maximum Gasteiger partial charge on any atom is 0.586 e. The van der Waals surface area contributed by atoms with E-state index in [-0.39, 0.29) is 29.9 Å². The van der Waals surface area contributed by atoms with Gasteiger partial charge in [0.15, 0.2) is 11.5 Å². The molecule has 1 aromatic rings. The number of nitrogens with zero attached hydrogens (tertiary/aromatic N) is 2. The first kappa shape index (κ1) is 15.1. The standard InChI is InChI=1S/C15H15F2N3O4/c16-15(17)23-11-2-1-9(5-12(11)24-15)7-19-3-4-20-10(8-19)14(22)18-6-13(20)21/h1-2,5,10H,3-4,6-8H2,(H,18,22)/t10-/m1/s1. The van der Waals surface area contributed by atoms with Gasteiger partial charge in [-0.25, -0.2) is 0 Å². The number of benzene rings is 1. The van der Waals surface area contributed by atoms with Crippen molar-refractivity contribution in [2.24, 2.45) is 0 Å². The lowest BCUT2D eigenvalue weighted by Gasteiger charge is -2.42. The average molecular weight is 339 g/mol. The van der Waals surface area contributed by atoms with E-state index in [4.69, 9.17) is 0 Å². The Kier molecular flexibility index (Phi) is 3.34. The number of amides is 2. The SMILES string of the molecule is O=C1NCC(=O)N2CCN(Cc3ccc4c(c3)OC(F)(F)O4)C[C@H]12. The van der Waals surface area contributed by atoms with E-state index in [1.54, 1.807) is 11.0 Å². The highest BCUT2D eigenvalue weighted by Gasteiger charge is 2.43. The van der Waals surface area contributed by atoms with Gasteiger partial charge in [0.25, 0.3) is 0 Å². The highest BCUT2D eigenvalue weighted by Crippen LogP contribution is 2.41. The van der Waals surface area contributed by atoms with Crippen LogP contribution in [0.15, 0.2) is 18.2 Å². The lowest BCUT2D eigenvalue weighted by molar-refractivity contribution is -0.286. The summed E-state index contributed by atoms with van der Waals surface area (Å²) < 4.78 is 34.9. The normalized spacial score (nSPS) is 25.4. The van der Waals surface area contributed by atoms with Gasteiger partial charge in [-0.3, -0.25) is 14.5 Å². The van der Waals surface area contributed by atoms with Crippen LogP contribution in [-0.4, -0.2) is 60.1 Å². The number of carbonyl (C=O) groups excluding carboxylic acids is 2. The Hall–Kier alpha value is -2.42. The molecule has 7 nitrogen and oxygen atoms in total. The van der Waals surface area contributed by atoms with Crippen LogP contribution in [0.5, 0.6) is 11.5 Å². The molecule has 2 fully saturated rings. The highest BCUT2D eigenvalue weighted by molar-refractivity contribution is 5.95. The van der Waals surface area contributed by atoms with Gasteiger partial charge in [-0.15, -0.1) is 8.78 Å². The lowest BCUT2D eigenvalue weighted by Crippen LogP contribution is -2.65. The Morgan fingerprint density at radius 2 is 2.00 bits per heavy atom. The summed E-state index contributed by atoms with van der Waals surface area (Å²) in [6.45, 7) is 2.00. The van der Waals surface area contributed by atoms with Crippen LogP contribution in [0.25, 0.3) is 0 Å². The van der Waals surface area contributed by atoms with E-state index in [1.807, 2.05) is 4.90 Å². The molecular formula is C15H15F2N3O4. The zero-order valence-electron chi connectivity index (χ0n) is 12.6. The molecule has 0 unspecified atom stereocenters. The van der Waals surface area contributed by atoms with Gasteiger partial charge >= 0.3 is 6.29 Å². The quantitative estimate of drug-likeness (QED) is 0.831. The molecule has 4 rings (SSSR count). The van der Waals surface area contributed by atoms with E-state index in [1.165, 1.54) is 12.1 Å². The minimum atomic E-state index is -3.63. The first-order valence-electron chi connectivity index (χ1n) is 7.60. The molecule has 0 saturated carbocycles. The fraction of sp³-hybridized carbons (Fsp3) is 0.467. The molecule has 3 heterocycles. The summed E-state index contributed by atoms with van der Waals surface area (Å²) in [4.78, 5) is 27.4. The van der Waals surface area contributed by atoms with Gasteiger partial charge in [-0.05, 0) is 17.7 Å². The van der Waals surface area contributed by atoms with Crippen molar-refractivity contribution in [2.45, 2.75) is 18.9 Å². The van der Waals surface area contributed by atoms with Crippen LogP contribution in [0.2, 0.25) is 0 Å². The maximum absolute atomic E-state index is 13.1. The van der Waals surface area contributed by atoms with Crippen molar-refractivity contribution in [3.8, 4) is 11.5 Å². The van der Waals surface area contributed by atoms with Gasteiger partial charge in [0.1, 0.15) is 6.04 Å². The summed E-state index contributed by atoms with van der Waals surface area (Å²) in [6, 6.07) is 4.13. The van der Waals surface area contributed by atoms with Gasteiger partial charge in [0, 0.05) is 26.2 Å². The molecule has 1 aromatic carbocycles. The Morgan fingerprint density at radius 1 is 1.21 bits per heavy atom. The number of fused-ring (bicyclic) bond motifs is 2. The van der Waals surface area contributed by atoms with E-state index >= 15 is 0 Å². The monoisotopic (exact) mass is 339 g/mol. The minimum absolute atomic E-state index is 0.00160. The van der Waals surface area contributed by atoms with E-state index < -0.39 is 12.3 Å². The maximum atomic E-state index is 13.1. The number of hydrogen-bond acceptors (Lipinski definition) is 5. The van der Waals surface area contributed by atoms with Crippen LogP contribution in [0.1, 0.15) is 5.56 Å². The van der Waals surface area contributed by atoms with Crippen molar-refractivity contribution in [3.63, 3.8) is 0 Å². The molecule has 1 N–H and O–H groups in total. The van der Waals surface area contributed by atoms with Crippen LogP contribution >= 0.6 is 0 Å². The lowest BCUT2D eigenvalue weighted by atomic mass is 10.1. The Balaban J connectivity index is 1.45. The van der Waals surface area contributed by atoms with Crippen LogP contribution in [-0.2, 0) is 16.1 Å². The van der Waals surface area contributed by atoms with Crippen molar-refractivity contribution in [1.82, 2.24) is 15.1 Å². The number of rotatable bonds is 2. The van der Waals surface area contributed by atoms with Crippen molar-refractivity contribution in [2.75, 3.05) is 26.2 Å². The second-order valence-corrected chi connectivity index (χ2v) is 6.00. The van der Waals surface area contributed by atoms with E-state index in [2.05, 4.69) is 14.8 Å². The molecule has 24 heavy (non-hydrogen) atoms. The summed E-state index contributed by atoms with van der Waals surface area (Å²) in [5.74, 6) is -0.235. The first-order chi connectivity index (χ1) is 11.4. The molecule has 9 heteroatoms. The second-order valence-electron chi connectivity index (χ2n) is 6.00. The molecule has 2 amide bonds. The molecule has 0 radical (unpaired) electrons. The zero-order valence-corrected chi connectivity index (χ0v) is 12.6. The van der Waals surface area contributed by atoms with Crippen LogP contribution in [0.4, 0.5) is 8.78 Å². The van der Waals surface area contributed by atoms with Crippen LogP contribution < -0.4 is 14.8 Å². The Bertz CT molecular complexity index is 712. The van der Waals surface area contributed by atoms with Crippen LogP contribution in [0.3, 0.4) is 0 Å². The molecule has 3 aliphatic heterocycles. The third kappa shape index (κ3) is 2.64. The van der Waals surface area contributed by atoms with Crippen molar-refractivity contribution < 1.29 is 27.8 Å². The fourth-order valence-corrected chi connectivity index (χ4v) is 3.24. The molecule has 2 saturated heterocycles. The summed E-state index contributed by atoms with van der Waals surface area (Å²) >= 11 is 0. The number of alkyl halides is 2. The van der Waals surface area contributed by atoms with Gasteiger partial charge < -0.3 is 19.7 Å². The van der Waals surface area contributed by atoms with Crippen molar-refractivity contribution >= 4 is 11.8 Å². The summed E-state index contributed by atoms with van der Waals surface area (Å²) in [5.41, 5.74) is 0.769. The highest BCUT2D eigenvalue weighted by atomic mass is 19.3. The first-order valence-corrected chi connectivity index (χ1v) is 7.60. The topological polar surface area (TPSA) is 71.1 Å². The van der Waals surface area contributed by atoms with Gasteiger partial charge in [-0.2, -0.15) is 0 Å². The molecule has 0 bridgehead atoms. The zero-order chi connectivity index (χ0) is 16.9. The van der Waals surface area contributed by atoms with E-state index in [0.29, 0.717) is 26.2 Å². The Morgan fingerprint density at radius 3 is 2.83 bits per heavy atom. The number of nitrogens with one attached hydrogen (secondary N) is 1. The summed E-state index contributed by atoms with van der Waals surface area (Å²) in [7, 11) is 0. The van der Waals surface area contributed by atoms with E-state index in [0.717, 1.165) is 5.56 Å². The number of ether oxygens (including phenoxy) is 2. The Labute approximate surface area is 136 Å². The number of piperazine rings is 2. The van der Waals surface area contributed by atoms with E-state index in [9.17, 15) is 18.4 Å². The second kappa shape index (κ2) is 5.30. The smallest absolute Gasteiger partial charge is 0.395 e. The summed E-state index contributed by atoms with van der Waals surface area (Å²) in [5, 5.41) is 2.58. The van der Waals surface area contributed by atoms with Crippen molar-refractivity contribution in [3.05, 3.63) is 23.8 Å². The molecule has 3 aliphatic rings. The molecule has 0 aliphatic carbocycles. The molecule has 0 spiro atoms. The molecule has 0 aromatic heterocycles. The summed E-state index contributed by atoms with van der Waals surface area (Å²) in [6.07, 6.45) is -3.63. The molecular weight excluding hydrogens is 324 g/mol. The van der Waals surface area contributed by atoms with Gasteiger partial charge in [0.05, 0.1) is 6.54 Å². The van der Waals surface area contributed by atoms with Crippen molar-refractivity contribution in [1.29, 1.82) is 0 Å². The molecule has 1 atom stereocenters. The average Bonchev–Trinajstić information content (AvgIpc) is 2.84. The fourth-order valence-electron chi connectivity index (χ4n) is 3.24. The van der Waals surface area contributed by atoms with Gasteiger partial charge in [-0.1, -0.05) is 6.07 Å².